The van der Waals surface area contributed by atoms with Crippen molar-refractivity contribution in [3.8, 4) is 5.75 Å². The largest absolute Gasteiger partial charge is 0.493 e. The van der Waals surface area contributed by atoms with E-state index in [0.29, 0.717) is 12.5 Å². The highest BCUT2D eigenvalue weighted by Crippen LogP contribution is 2.36. The van der Waals surface area contributed by atoms with E-state index in [1.165, 1.54) is 11.1 Å². The highest BCUT2D eigenvalue weighted by molar-refractivity contribution is 5.73. The number of fused-ring (bicyclic) bond motifs is 1. The standard InChI is InChI=1S/C23H29N3O2/c24-23(27)26-16-19-6-4-5-9-21(19)22(26)12-15-25-13-10-18(11-14-25)17-28-20-7-2-1-3-8-20/h1-9,18,22H,10-17H2,(H2,24,27). The Labute approximate surface area is 167 Å². The number of nitrogens with two attached hydrogens (primary N) is 1. The summed E-state index contributed by atoms with van der Waals surface area (Å²) in [5, 5.41) is 0. The monoisotopic (exact) mass is 379 g/mol. The Balaban J connectivity index is 1.25. The van der Waals surface area contributed by atoms with E-state index in [0.717, 1.165) is 51.3 Å². The van der Waals surface area contributed by atoms with Crippen LogP contribution in [0.3, 0.4) is 0 Å². The minimum atomic E-state index is -0.321. The van der Waals surface area contributed by atoms with E-state index in [-0.39, 0.29) is 12.1 Å². The number of benzene rings is 2. The zero-order valence-corrected chi connectivity index (χ0v) is 16.3. The second kappa shape index (κ2) is 8.65. The number of amides is 2. The zero-order chi connectivity index (χ0) is 19.3. The van der Waals surface area contributed by atoms with Gasteiger partial charge < -0.3 is 20.3 Å². The van der Waals surface area contributed by atoms with Gasteiger partial charge in [0, 0.05) is 13.1 Å². The SMILES string of the molecule is NC(=O)N1Cc2ccccc2C1CCN1CCC(COc2ccccc2)CC1. The number of carbonyl (C=O) groups excluding carboxylic acids is 1. The van der Waals surface area contributed by atoms with Gasteiger partial charge in [-0.15, -0.1) is 0 Å². The van der Waals surface area contributed by atoms with Crippen LogP contribution in [0.15, 0.2) is 54.6 Å². The van der Waals surface area contributed by atoms with Crippen LogP contribution >= 0.6 is 0 Å². The molecule has 2 heterocycles. The quantitative estimate of drug-likeness (QED) is 0.830. The molecule has 0 aromatic heterocycles. The van der Waals surface area contributed by atoms with Crippen LogP contribution in [0.2, 0.25) is 0 Å². The third kappa shape index (κ3) is 4.30. The van der Waals surface area contributed by atoms with Gasteiger partial charge in [-0.05, 0) is 61.5 Å². The van der Waals surface area contributed by atoms with E-state index >= 15 is 0 Å². The molecule has 1 fully saturated rings. The normalized spacial score (nSPS) is 20.1. The number of para-hydroxylation sites is 1. The summed E-state index contributed by atoms with van der Waals surface area (Å²) in [6.45, 7) is 4.61. The maximum Gasteiger partial charge on any atom is 0.315 e. The first-order valence-electron chi connectivity index (χ1n) is 10.2. The predicted octanol–water partition coefficient (Wildman–Crippen LogP) is 3.80. The van der Waals surface area contributed by atoms with Gasteiger partial charge in [0.1, 0.15) is 5.75 Å². The van der Waals surface area contributed by atoms with Gasteiger partial charge in [0.25, 0.3) is 0 Å². The molecule has 2 aliphatic heterocycles. The van der Waals surface area contributed by atoms with Crippen LogP contribution in [0.1, 0.15) is 36.4 Å². The molecule has 5 nitrogen and oxygen atoms in total. The van der Waals surface area contributed by atoms with Crippen LogP contribution < -0.4 is 10.5 Å². The van der Waals surface area contributed by atoms with Crippen LogP contribution in [0.4, 0.5) is 4.79 Å². The van der Waals surface area contributed by atoms with Crippen LogP contribution in [0, 0.1) is 5.92 Å². The number of carbonyl (C=O) groups is 1. The number of ether oxygens (including phenoxy) is 1. The van der Waals surface area contributed by atoms with Gasteiger partial charge in [-0.3, -0.25) is 0 Å². The molecule has 148 valence electrons. The number of rotatable bonds is 6. The molecule has 2 aliphatic rings. The van der Waals surface area contributed by atoms with Gasteiger partial charge in [-0.1, -0.05) is 42.5 Å². The van der Waals surface area contributed by atoms with E-state index in [9.17, 15) is 4.79 Å². The fraction of sp³-hybridized carbons (Fsp3) is 0.435. The van der Waals surface area contributed by atoms with Crippen molar-refractivity contribution in [3.05, 3.63) is 65.7 Å². The lowest BCUT2D eigenvalue weighted by molar-refractivity contribution is 0.129. The summed E-state index contributed by atoms with van der Waals surface area (Å²) in [4.78, 5) is 16.2. The average Bonchev–Trinajstić information content (AvgIpc) is 3.11. The lowest BCUT2D eigenvalue weighted by Crippen LogP contribution is -2.39. The maximum absolute atomic E-state index is 11.9. The van der Waals surface area contributed by atoms with Gasteiger partial charge in [-0.25, -0.2) is 4.79 Å². The molecule has 0 spiro atoms. The van der Waals surface area contributed by atoms with Crippen molar-refractivity contribution >= 4 is 6.03 Å². The molecule has 1 saturated heterocycles. The van der Waals surface area contributed by atoms with Crippen molar-refractivity contribution in [1.82, 2.24) is 9.80 Å². The van der Waals surface area contributed by atoms with Crippen LogP contribution in [0.5, 0.6) is 5.75 Å². The van der Waals surface area contributed by atoms with E-state index in [1.807, 2.05) is 41.3 Å². The summed E-state index contributed by atoms with van der Waals surface area (Å²) in [7, 11) is 0. The van der Waals surface area contributed by atoms with Gasteiger partial charge in [0.2, 0.25) is 0 Å². The van der Waals surface area contributed by atoms with Crippen LogP contribution in [0.25, 0.3) is 0 Å². The Bertz CT molecular complexity index is 787. The van der Waals surface area contributed by atoms with Crippen molar-refractivity contribution in [3.63, 3.8) is 0 Å². The number of hydrogen-bond donors (Lipinski definition) is 1. The molecule has 5 heteroatoms. The number of primary amides is 1. The highest BCUT2D eigenvalue weighted by atomic mass is 16.5. The van der Waals surface area contributed by atoms with Crippen molar-refractivity contribution in [2.24, 2.45) is 11.7 Å². The second-order valence-electron chi connectivity index (χ2n) is 7.88. The second-order valence-corrected chi connectivity index (χ2v) is 7.88. The van der Waals surface area contributed by atoms with E-state index in [4.69, 9.17) is 10.5 Å². The fourth-order valence-corrected chi connectivity index (χ4v) is 4.42. The lowest BCUT2D eigenvalue weighted by Gasteiger charge is -2.33. The minimum absolute atomic E-state index is 0.104. The molecule has 4 rings (SSSR count). The summed E-state index contributed by atoms with van der Waals surface area (Å²) in [6.07, 6.45) is 3.26. The molecule has 1 atom stereocenters. The summed E-state index contributed by atoms with van der Waals surface area (Å²) in [5.41, 5.74) is 8.12. The first kappa shape index (κ1) is 18.8. The predicted molar refractivity (Wildman–Crippen MR) is 110 cm³/mol. The average molecular weight is 380 g/mol. The highest BCUT2D eigenvalue weighted by Gasteiger charge is 2.32. The summed E-state index contributed by atoms with van der Waals surface area (Å²) < 4.78 is 5.92. The molecule has 2 amide bonds. The van der Waals surface area contributed by atoms with Crippen molar-refractivity contribution in [2.75, 3.05) is 26.2 Å². The minimum Gasteiger partial charge on any atom is -0.493 e. The topological polar surface area (TPSA) is 58.8 Å². The van der Waals surface area contributed by atoms with Gasteiger partial charge in [0.15, 0.2) is 0 Å². The van der Waals surface area contributed by atoms with Gasteiger partial charge >= 0.3 is 6.03 Å². The lowest BCUT2D eigenvalue weighted by atomic mass is 9.96. The van der Waals surface area contributed by atoms with Crippen LogP contribution in [-0.2, 0) is 6.54 Å². The fourth-order valence-electron chi connectivity index (χ4n) is 4.42. The Morgan fingerprint density at radius 1 is 1.04 bits per heavy atom. The number of piperidine rings is 1. The van der Waals surface area contributed by atoms with E-state index in [2.05, 4.69) is 23.1 Å². The molecular formula is C23H29N3O2. The maximum atomic E-state index is 11.9. The molecule has 0 radical (unpaired) electrons. The van der Waals surface area contributed by atoms with Gasteiger partial charge in [-0.2, -0.15) is 0 Å². The molecule has 2 N–H and O–H groups in total. The van der Waals surface area contributed by atoms with Crippen molar-refractivity contribution < 1.29 is 9.53 Å². The van der Waals surface area contributed by atoms with E-state index in [1.54, 1.807) is 0 Å². The molecule has 28 heavy (non-hydrogen) atoms. The van der Waals surface area contributed by atoms with Crippen molar-refractivity contribution in [2.45, 2.75) is 31.8 Å². The molecule has 1 unspecified atom stereocenters. The Kier molecular flexibility index (Phi) is 5.81. The number of nitrogens with zero attached hydrogens (tertiary/aromatic N) is 2. The smallest absolute Gasteiger partial charge is 0.315 e. The third-order valence-electron chi connectivity index (χ3n) is 6.07. The molecule has 0 saturated carbocycles. The third-order valence-corrected chi connectivity index (χ3v) is 6.07. The Morgan fingerprint density at radius 3 is 2.50 bits per heavy atom. The molecular weight excluding hydrogens is 350 g/mol. The first-order valence-corrected chi connectivity index (χ1v) is 10.2. The van der Waals surface area contributed by atoms with Crippen LogP contribution in [-0.4, -0.2) is 42.1 Å². The van der Waals surface area contributed by atoms with Gasteiger partial charge in [0.05, 0.1) is 12.6 Å². The number of urea groups is 1. The zero-order valence-electron chi connectivity index (χ0n) is 16.3. The molecule has 2 aromatic carbocycles. The Morgan fingerprint density at radius 2 is 1.75 bits per heavy atom. The van der Waals surface area contributed by atoms with E-state index < -0.39 is 0 Å². The molecule has 2 aromatic rings. The first-order chi connectivity index (χ1) is 13.7. The Hall–Kier alpha value is -2.53. The molecule has 0 aliphatic carbocycles. The summed E-state index contributed by atoms with van der Waals surface area (Å²) in [5.74, 6) is 1.57. The summed E-state index contributed by atoms with van der Waals surface area (Å²) >= 11 is 0. The number of hydrogen-bond acceptors (Lipinski definition) is 3. The number of likely N-dealkylation sites (tertiary alicyclic amines) is 1. The molecule has 0 bridgehead atoms. The summed E-state index contributed by atoms with van der Waals surface area (Å²) in [6, 6.07) is 18.1. The van der Waals surface area contributed by atoms with Crippen molar-refractivity contribution in [1.29, 1.82) is 0 Å².